The lowest BCUT2D eigenvalue weighted by Gasteiger charge is -2.15. The van der Waals surface area contributed by atoms with E-state index >= 15 is 0 Å². The van der Waals surface area contributed by atoms with E-state index in [0.29, 0.717) is 34.4 Å². The number of imidazole rings is 2. The molecule has 5 N–H and O–H groups in total. The molecule has 14 nitrogen and oxygen atoms in total. The van der Waals surface area contributed by atoms with Crippen LogP contribution in [0.15, 0.2) is 36.4 Å². The summed E-state index contributed by atoms with van der Waals surface area (Å²) in [4.78, 5) is 49.4. The third-order valence-corrected chi connectivity index (χ3v) is 11.5. The molecule has 2 aliphatic carbocycles. The van der Waals surface area contributed by atoms with Crippen molar-refractivity contribution >= 4 is 78.8 Å². The van der Waals surface area contributed by atoms with Gasteiger partial charge in [0.15, 0.2) is 10.3 Å². The topological polar surface area (TPSA) is 181 Å². The van der Waals surface area contributed by atoms with Crippen LogP contribution < -0.4 is 16.1 Å². The quantitative estimate of drug-likeness (QED) is 0.0847. The molecule has 16 heteroatoms. The zero-order valence-corrected chi connectivity index (χ0v) is 31.0. The summed E-state index contributed by atoms with van der Waals surface area (Å²) < 4.78 is 3.87. The van der Waals surface area contributed by atoms with Crippen LogP contribution in [-0.4, -0.2) is 64.4 Å². The minimum atomic E-state index is -0.946. The molecule has 2 unspecified atom stereocenters. The second kappa shape index (κ2) is 15.0. The number of carbonyl (C=O) groups is 2. The lowest BCUT2D eigenvalue weighted by molar-refractivity contribution is 0.0168. The molecule has 0 spiro atoms. The van der Waals surface area contributed by atoms with Crippen molar-refractivity contribution in [1.82, 2.24) is 34.6 Å². The van der Waals surface area contributed by atoms with Crippen molar-refractivity contribution < 1.29 is 24.6 Å². The maximum Gasteiger partial charge on any atom is 0.335 e. The van der Waals surface area contributed by atoms with Crippen LogP contribution in [-0.2, 0) is 44.6 Å². The molecule has 0 aliphatic heterocycles. The van der Waals surface area contributed by atoms with E-state index in [1.807, 2.05) is 29.3 Å². The van der Waals surface area contributed by atoms with Crippen molar-refractivity contribution in [2.24, 2.45) is 25.9 Å². The van der Waals surface area contributed by atoms with E-state index in [1.54, 1.807) is 53.0 Å². The first-order valence-electron chi connectivity index (χ1n) is 17.3. The highest BCUT2D eigenvalue weighted by molar-refractivity contribution is 7.16. The summed E-state index contributed by atoms with van der Waals surface area (Å²) >= 11 is 3.39. The van der Waals surface area contributed by atoms with E-state index < -0.39 is 5.97 Å². The van der Waals surface area contributed by atoms with E-state index in [-0.39, 0.29) is 24.7 Å². The van der Waals surface area contributed by atoms with E-state index in [4.69, 9.17) is 25.0 Å². The predicted octanol–water partition coefficient (Wildman–Crippen LogP) is 6.15. The molecule has 6 aromatic rings. The standard InChI is InChI=1S/C19H23N5O3S.C17H18N4O2S/c1-11-3-5-13-16(9-11)28-19(21-13)22-18-20-14-10-12(4-6-15(14)24(18)2)17(26)23-27-8-7-25;1-9-3-5-11-14(7-9)24-17(19-11)20-16-18-12-8-10(15(22)23)4-6-13(12)21(16)2/h4,6,10-11,25H,3,5,7-9H2,1-2H3,(H,23,26)(H,20,21,22);4,6,8-9H,3,5,7H2,1-2H3,(H,22,23)(H,18,19,20). The van der Waals surface area contributed by atoms with Gasteiger partial charge < -0.3 is 30.0 Å². The molecular weight excluding hydrogens is 703 g/mol. The van der Waals surface area contributed by atoms with E-state index in [1.165, 1.54) is 34.0 Å². The smallest absolute Gasteiger partial charge is 0.335 e. The number of amides is 1. The highest BCUT2D eigenvalue weighted by Gasteiger charge is 2.22. The molecule has 0 radical (unpaired) electrons. The molecule has 2 atom stereocenters. The monoisotopic (exact) mass is 743 g/mol. The first-order chi connectivity index (χ1) is 25.1. The van der Waals surface area contributed by atoms with Crippen molar-refractivity contribution in [2.45, 2.75) is 52.4 Å². The van der Waals surface area contributed by atoms with Gasteiger partial charge in [0.2, 0.25) is 11.9 Å². The van der Waals surface area contributed by atoms with Gasteiger partial charge in [0.05, 0.1) is 52.2 Å². The molecule has 2 aliphatic rings. The van der Waals surface area contributed by atoms with Crippen molar-refractivity contribution in [3.05, 3.63) is 68.7 Å². The number of aromatic nitrogens is 6. The fraction of sp³-hybridized carbons (Fsp3) is 0.389. The Labute approximate surface area is 307 Å². The van der Waals surface area contributed by atoms with Gasteiger partial charge in [-0.05, 0) is 86.8 Å². The highest BCUT2D eigenvalue weighted by atomic mass is 32.1. The first kappa shape index (κ1) is 35.5. The third kappa shape index (κ3) is 7.51. The van der Waals surface area contributed by atoms with Crippen molar-refractivity contribution in [2.75, 3.05) is 23.8 Å². The van der Waals surface area contributed by atoms with Crippen LogP contribution in [0.1, 0.15) is 68.5 Å². The Kier molecular flexibility index (Phi) is 10.2. The van der Waals surface area contributed by atoms with Gasteiger partial charge in [-0.15, -0.1) is 22.7 Å². The minimum absolute atomic E-state index is 0.0439. The largest absolute Gasteiger partial charge is 0.478 e. The van der Waals surface area contributed by atoms with Crippen LogP contribution in [0.5, 0.6) is 0 Å². The van der Waals surface area contributed by atoms with Gasteiger partial charge in [0.1, 0.15) is 0 Å². The number of carboxylic acid groups (broad SMARTS) is 1. The first-order valence-corrected chi connectivity index (χ1v) is 18.9. The van der Waals surface area contributed by atoms with Gasteiger partial charge >= 0.3 is 5.97 Å². The molecule has 0 saturated heterocycles. The normalized spacial score (nSPS) is 16.6. The van der Waals surface area contributed by atoms with Crippen LogP contribution in [0, 0.1) is 11.8 Å². The Balaban J connectivity index is 0.000000164. The Hall–Kier alpha value is -4.90. The van der Waals surface area contributed by atoms with Gasteiger partial charge in [0.25, 0.3) is 5.91 Å². The Morgan fingerprint density at radius 2 is 1.31 bits per heavy atom. The Bertz CT molecular complexity index is 2270. The van der Waals surface area contributed by atoms with Crippen molar-refractivity contribution in [1.29, 1.82) is 0 Å². The summed E-state index contributed by atoms with van der Waals surface area (Å²) in [5.41, 5.74) is 8.54. The van der Waals surface area contributed by atoms with Crippen LogP contribution in [0.25, 0.3) is 22.1 Å². The molecule has 8 rings (SSSR count). The number of carbonyl (C=O) groups excluding carboxylic acids is 1. The molecule has 0 saturated carbocycles. The number of fused-ring (bicyclic) bond motifs is 4. The lowest BCUT2D eigenvalue weighted by atomic mass is 9.93. The lowest BCUT2D eigenvalue weighted by Crippen LogP contribution is -2.25. The molecule has 272 valence electrons. The number of benzene rings is 2. The molecule has 4 heterocycles. The highest BCUT2D eigenvalue weighted by Crippen LogP contribution is 2.35. The second-order valence-electron chi connectivity index (χ2n) is 13.4. The predicted molar refractivity (Wildman–Crippen MR) is 202 cm³/mol. The third-order valence-electron chi connectivity index (χ3n) is 9.44. The summed E-state index contributed by atoms with van der Waals surface area (Å²) in [6.45, 7) is 4.45. The zero-order valence-electron chi connectivity index (χ0n) is 29.4. The number of aliphatic hydroxyl groups is 1. The van der Waals surface area contributed by atoms with Crippen LogP contribution in [0.4, 0.5) is 22.2 Å². The number of thiazole rings is 2. The number of nitrogens with zero attached hydrogens (tertiary/aromatic N) is 6. The van der Waals surface area contributed by atoms with Crippen LogP contribution in [0.3, 0.4) is 0 Å². The van der Waals surface area contributed by atoms with Gasteiger partial charge in [-0.2, -0.15) is 0 Å². The summed E-state index contributed by atoms with van der Waals surface area (Å²) in [6, 6.07) is 10.3. The number of hydrogen-bond acceptors (Lipinski definition) is 12. The van der Waals surface area contributed by atoms with Gasteiger partial charge in [-0.3, -0.25) is 9.63 Å². The van der Waals surface area contributed by atoms with Crippen LogP contribution in [0.2, 0.25) is 0 Å². The molecular formula is C36H41N9O5S2. The van der Waals surface area contributed by atoms with Crippen molar-refractivity contribution in [3.8, 4) is 0 Å². The van der Waals surface area contributed by atoms with Crippen molar-refractivity contribution in [3.63, 3.8) is 0 Å². The fourth-order valence-electron chi connectivity index (χ4n) is 6.50. The summed E-state index contributed by atoms with van der Waals surface area (Å²) in [5.74, 6) is 1.46. The van der Waals surface area contributed by atoms with E-state index in [2.05, 4.69) is 39.9 Å². The number of anilines is 4. The number of aromatic carboxylic acids is 1. The molecule has 0 bridgehead atoms. The number of hydroxylamine groups is 1. The number of aryl methyl sites for hydroxylation is 4. The number of carboxylic acids is 1. The van der Waals surface area contributed by atoms with Gasteiger partial charge in [0, 0.05) is 29.4 Å². The molecule has 52 heavy (non-hydrogen) atoms. The number of aliphatic hydroxyl groups excluding tert-OH is 1. The fourth-order valence-corrected chi connectivity index (χ4v) is 8.83. The average molecular weight is 744 g/mol. The molecule has 4 aromatic heterocycles. The molecule has 0 fully saturated rings. The maximum absolute atomic E-state index is 12.1. The average Bonchev–Trinajstić information content (AvgIpc) is 3.87. The summed E-state index contributed by atoms with van der Waals surface area (Å²) in [6.07, 6.45) is 6.65. The number of rotatable bonds is 9. The zero-order chi connectivity index (χ0) is 36.5. The van der Waals surface area contributed by atoms with E-state index in [0.717, 1.165) is 52.9 Å². The Morgan fingerprint density at radius 1 is 0.808 bits per heavy atom. The number of nitrogens with one attached hydrogen (secondary N) is 3. The van der Waals surface area contributed by atoms with Crippen LogP contribution >= 0.6 is 22.7 Å². The minimum Gasteiger partial charge on any atom is -0.478 e. The van der Waals surface area contributed by atoms with E-state index in [9.17, 15) is 9.59 Å². The van der Waals surface area contributed by atoms with Gasteiger partial charge in [-0.25, -0.2) is 30.2 Å². The maximum atomic E-state index is 12.1. The second-order valence-corrected chi connectivity index (χ2v) is 15.6. The summed E-state index contributed by atoms with van der Waals surface area (Å²) in [7, 11) is 3.84. The SMILES string of the molecule is CC1CCc2nc(Nc3nc4cc(C(=O)NOCCO)ccc4n3C)sc2C1.CC1CCc2nc(Nc3nc4cc(C(=O)O)ccc4n3C)sc2C1. The molecule has 2 aromatic carbocycles. The molecule has 1 amide bonds. The summed E-state index contributed by atoms with van der Waals surface area (Å²) in [5, 5.41) is 26.2. The number of hydrogen-bond donors (Lipinski definition) is 5. The van der Waals surface area contributed by atoms with Gasteiger partial charge in [-0.1, -0.05) is 13.8 Å². The Morgan fingerprint density at radius 3 is 1.81 bits per heavy atom.